The lowest BCUT2D eigenvalue weighted by Crippen LogP contribution is -2.39. The highest BCUT2D eigenvalue weighted by atomic mass is 19.4. The van der Waals surface area contributed by atoms with Crippen LogP contribution in [0.15, 0.2) is 41.2 Å². The van der Waals surface area contributed by atoms with Crippen LogP contribution in [0.25, 0.3) is 11.0 Å². The Labute approximate surface area is 189 Å². The molecule has 2 aromatic carbocycles. The van der Waals surface area contributed by atoms with Crippen molar-refractivity contribution < 1.29 is 22.7 Å². The van der Waals surface area contributed by atoms with Crippen LogP contribution in [0.4, 0.5) is 13.2 Å². The predicted octanol–water partition coefficient (Wildman–Crippen LogP) is 4.70. The number of carbonyl (C=O) groups excluding carboxylic acids is 1. The Balaban J connectivity index is 1.92. The fourth-order valence-corrected chi connectivity index (χ4v) is 3.44. The van der Waals surface area contributed by atoms with Crippen molar-refractivity contribution in [2.75, 3.05) is 0 Å². The van der Waals surface area contributed by atoms with Gasteiger partial charge in [-0.2, -0.15) is 13.2 Å². The quantitative estimate of drug-likeness (QED) is 0.578. The molecular formula is C24H26F3N3O3. The average molecular weight is 461 g/mol. The topological polar surface area (TPSA) is 73.2 Å². The van der Waals surface area contributed by atoms with Crippen LogP contribution in [0.2, 0.25) is 0 Å². The number of carbonyl (C=O) groups is 1. The van der Waals surface area contributed by atoms with E-state index in [-0.39, 0.29) is 23.7 Å². The number of alkyl halides is 3. The number of benzene rings is 2. The van der Waals surface area contributed by atoms with E-state index < -0.39 is 29.4 Å². The fourth-order valence-electron chi connectivity index (χ4n) is 3.44. The van der Waals surface area contributed by atoms with Crippen molar-refractivity contribution in [2.45, 2.75) is 59.5 Å². The number of ether oxygens (including phenoxy) is 1. The maximum Gasteiger partial charge on any atom is 0.438 e. The van der Waals surface area contributed by atoms with Gasteiger partial charge in [0.15, 0.2) is 0 Å². The van der Waals surface area contributed by atoms with Gasteiger partial charge in [-0.3, -0.25) is 14.2 Å². The van der Waals surface area contributed by atoms with Crippen LogP contribution >= 0.6 is 0 Å². The van der Waals surface area contributed by atoms with Crippen molar-refractivity contribution in [2.24, 2.45) is 0 Å². The number of nitrogens with zero attached hydrogens (tertiary/aromatic N) is 2. The minimum atomic E-state index is -4.94. The van der Waals surface area contributed by atoms with E-state index in [9.17, 15) is 22.8 Å². The summed E-state index contributed by atoms with van der Waals surface area (Å²) in [5, 5.41) is 2.69. The zero-order valence-corrected chi connectivity index (χ0v) is 19.1. The number of nitrogens with one attached hydrogen (secondary N) is 1. The number of rotatable bonds is 6. The van der Waals surface area contributed by atoms with Crippen molar-refractivity contribution in [3.63, 3.8) is 0 Å². The second-order valence-electron chi connectivity index (χ2n) is 8.26. The number of fused-ring (bicyclic) bond motifs is 1. The SMILES string of the molecule is Cc1cc2nc(C(F)(F)F)c(=O)n([C@H](C)C(=O)NCc3ccc(OC(C)C)cc3)c2cc1C. The molecule has 0 aliphatic carbocycles. The summed E-state index contributed by atoms with van der Waals surface area (Å²) in [6.07, 6.45) is -4.92. The number of amides is 1. The van der Waals surface area contributed by atoms with Crippen molar-refractivity contribution in [3.05, 3.63) is 69.1 Å². The molecule has 1 heterocycles. The summed E-state index contributed by atoms with van der Waals surface area (Å²) in [5.74, 6) is 0.104. The molecule has 1 atom stereocenters. The zero-order chi connectivity index (χ0) is 24.5. The first-order chi connectivity index (χ1) is 15.4. The molecule has 33 heavy (non-hydrogen) atoms. The Morgan fingerprint density at radius 2 is 1.70 bits per heavy atom. The van der Waals surface area contributed by atoms with Crippen LogP contribution < -0.4 is 15.6 Å². The number of hydrogen-bond donors (Lipinski definition) is 1. The molecule has 9 heteroatoms. The Kier molecular flexibility index (Phi) is 6.81. The molecule has 0 radical (unpaired) electrons. The summed E-state index contributed by atoms with van der Waals surface area (Å²) in [5.41, 5.74) is -0.432. The van der Waals surface area contributed by atoms with Gasteiger partial charge in [0.05, 0.1) is 17.1 Å². The maximum absolute atomic E-state index is 13.5. The van der Waals surface area contributed by atoms with Crippen LogP contribution in [-0.2, 0) is 17.5 Å². The molecule has 0 bridgehead atoms. The molecule has 0 aliphatic heterocycles. The molecule has 0 saturated carbocycles. The lowest BCUT2D eigenvalue weighted by atomic mass is 10.1. The molecule has 0 aliphatic rings. The monoisotopic (exact) mass is 461 g/mol. The summed E-state index contributed by atoms with van der Waals surface area (Å²) < 4.78 is 46.9. The van der Waals surface area contributed by atoms with E-state index in [0.29, 0.717) is 5.75 Å². The third-order valence-corrected chi connectivity index (χ3v) is 5.30. The molecule has 3 aromatic rings. The molecule has 0 spiro atoms. The summed E-state index contributed by atoms with van der Waals surface area (Å²) in [6, 6.07) is 8.99. The smallest absolute Gasteiger partial charge is 0.438 e. The second-order valence-corrected chi connectivity index (χ2v) is 8.26. The summed E-state index contributed by atoms with van der Waals surface area (Å²) in [4.78, 5) is 29.2. The van der Waals surface area contributed by atoms with Gasteiger partial charge >= 0.3 is 6.18 Å². The van der Waals surface area contributed by atoms with Gasteiger partial charge in [-0.1, -0.05) is 12.1 Å². The first-order valence-corrected chi connectivity index (χ1v) is 10.5. The van der Waals surface area contributed by atoms with Gasteiger partial charge in [0, 0.05) is 6.54 Å². The predicted molar refractivity (Wildman–Crippen MR) is 119 cm³/mol. The highest BCUT2D eigenvalue weighted by Crippen LogP contribution is 2.28. The van der Waals surface area contributed by atoms with E-state index >= 15 is 0 Å². The van der Waals surface area contributed by atoms with Gasteiger partial charge < -0.3 is 10.1 Å². The van der Waals surface area contributed by atoms with Crippen molar-refractivity contribution >= 4 is 16.9 Å². The zero-order valence-electron chi connectivity index (χ0n) is 19.1. The molecule has 0 fully saturated rings. The van der Waals surface area contributed by atoms with Crippen molar-refractivity contribution in [3.8, 4) is 5.75 Å². The van der Waals surface area contributed by atoms with Crippen LogP contribution in [0, 0.1) is 13.8 Å². The summed E-state index contributed by atoms with van der Waals surface area (Å²) >= 11 is 0. The van der Waals surface area contributed by atoms with E-state index in [0.717, 1.165) is 21.3 Å². The fraction of sp³-hybridized carbons (Fsp3) is 0.375. The van der Waals surface area contributed by atoms with Crippen LogP contribution in [0.3, 0.4) is 0 Å². The lowest BCUT2D eigenvalue weighted by Gasteiger charge is -2.20. The average Bonchev–Trinajstić information content (AvgIpc) is 2.72. The van der Waals surface area contributed by atoms with E-state index in [4.69, 9.17) is 4.74 Å². The Morgan fingerprint density at radius 1 is 1.09 bits per heavy atom. The minimum absolute atomic E-state index is 0.00502. The van der Waals surface area contributed by atoms with Crippen molar-refractivity contribution in [1.82, 2.24) is 14.9 Å². The van der Waals surface area contributed by atoms with Crippen LogP contribution in [-0.4, -0.2) is 21.6 Å². The van der Waals surface area contributed by atoms with Gasteiger partial charge in [-0.25, -0.2) is 4.98 Å². The number of halogens is 3. The highest BCUT2D eigenvalue weighted by Gasteiger charge is 2.38. The number of hydrogen-bond acceptors (Lipinski definition) is 4. The third-order valence-electron chi connectivity index (χ3n) is 5.30. The van der Waals surface area contributed by atoms with Gasteiger partial charge in [0.1, 0.15) is 11.8 Å². The molecule has 3 rings (SSSR count). The van der Waals surface area contributed by atoms with Gasteiger partial charge in [0.2, 0.25) is 11.6 Å². The Bertz CT molecular complexity index is 1230. The molecule has 0 saturated heterocycles. The minimum Gasteiger partial charge on any atom is -0.491 e. The number of aryl methyl sites for hydroxylation is 2. The second kappa shape index (κ2) is 9.25. The van der Waals surface area contributed by atoms with Crippen LogP contribution in [0.5, 0.6) is 5.75 Å². The van der Waals surface area contributed by atoms with Gasteiger partial charge in [-0.15, -0.1) is 0 Å². The summed E-state index contributed by atoms with van der Waals surface area (Å²) in [7, 11) is 0. The molecule has 1 N–H and O–H groups in total. The maximum atomic E-state index is 13.5. The van der Waals surface area contributed by atoms with E-state index in [1.54, 1.807) is 44.2 Å². The third kappa shape index (κ3) is 5.35. The summed E-state index contributed by atoms with van der Waals surface area (Å²) in [6.45, 7) is 8.88. The first-order valence-electron chi connectivity index (χ1n) is 10.5. The highest BCUT2D eigenvalue weighted by molar-refractivity contribution is 5.84. The van der Waals surface area contributed by atoms with Crippen molar-refractivity contribution in [1.29, 1.82) is 0 Å². The normalized spacial score (nSPS) is 12.8. The van der Waals surface area contributed by atoms with E-state index in [2.05, 4.69) is 10.3 Å². The molecular weight excluding hydrogens is 435 g/mol. The molecule has 1 amide bonds. The van der Waals surface area contributed by atoms with Gasteiger partial charge in [-0.05, 0) is 75.6 Å². The largest absolute Gasteiger partial charge is 0.491 e. The van der Waals surface area contributed by atoms with E-state index in [1.165, 1.54) is 13.0 Å². The lowest BCUT2D eigenvalue weighted by molar-refractivity contribution is -0.142. The van der Waals surface area contributed by atoms with Gasteiger partial charge in [0.25, 0.3) is 5.56 Å². The van der Waals surface area contributed by atoms with E-state index in [1.807, 2.05) is 13.8 Å². The molecule has 1 aromatic heterocycles. The Hall–Kier alpha value is -3.36. The number of aromatic nitrogens is 2. The first kappa shape index (κ1) is 24.3. The van der Waals surface area contributed by atoms with Crippen LogP contribution in [0.1, 0.15) is 49.2 Å². The standard InChI is InChI=1S/C24H26F3N3O3/c1-13(2)33-18-8-6-17(7-9-18)12-28-22(31)16(5)30-20-11-15(4)14(3)10-19(20)29-21(23(30)32)24(25,26)27/h6-11,13,16H,12H2,1-5H3,(H,28,31)/t16-/m1/s1. The molecule has 6 nitrogen and oxygen atoms in total. The molecule has 0 unspecified atom stereocenters. The molecule has 176 valence electrons. The Morgan fingerprint density at radius 3 is 2.27 bits per heavy atom.